The lowest BCUT2D eigenvalue weighted by Crippen LogP contribution is -2.52. The van der Waals surface area contributed by atoms with E-state index in [4.69, 9.17) is 0 Å². The first kappa shape index (κ1) is 17.4. The number of hydrogen-bond acceptors (Lipinski definition) is 5. The molecule has 1 aromatic rings. The Balaban J connectivity index is 1.53. The fraction of sp³-hybridized carbons (Fsp3) is 0.667. The minimum absolute atomic E-state index is 0.180. The van der Waals surface area contributed by atoms with E-state index >= 15 is 0 Å². The Morgan fingerprint density at radius 2 is 1.96 bits per heavy atom. The van der Waals surface area contributed by atoms with Gasteiger partial charge in [0.2, 0.25) is 5.91 Å². The zero-order valence-electron chi connectivity index (χ0n) is 14.5. The van der Waals surface area contributed by atoms with Crippen LogP contribution in [0.1, 0.15) is 37.6 Å². The van der Waals surface area contributed by atoms with Crippen molar-refractivity contribution in [3.63, 3.8) is 0 Å². The zero-order valence-corrected chi connectivity index (χ0v) is 15.3. The predicted octanol–water partition coefficient (Wildman–Crippen LogP) is 2.33. The molecule has 3 atom stereocenters. The molecule has 0 bridgehead atoms. The minimum Gasteiger partial charge on any atom is -0.339 e. The van der Waals surface area contributed by atoms with E-state index < -0.39 is 0 Å². The Morgan fingerprint density at radius 3 is 2.50 bits per heavy atom. The standard InChI is InChI=1S/C18H26N4OS/c1-14-5-6-15(2)22(14)13-18(23)21-9-7-20(8-10-21)16(12-19)17-4-3-11-24-17/h3-4,11,14-16H,5-10,13H2,1-2H3/t14-,15-,16+/m1/s1. The monoisotopic (exact) mass is 346 g/mol. The van der Waals surface area contributed by atoms with Gasteiger partial charge >= 0.3 is 0 Å². The van der Waals surface area contributed by atoms with Gasteiger partial charge in [0.15, 0.2) is 0 Å². The molecule has 6 heteroatoms. The Labute approximate surface area is 148 Å². The normalized spacial score (nSPS) is 27.1. The largest absolute Gasteiger partial charge is 0.339 e. The highest BCUT2D eigenvalue weighted by atomic mass is 32.1. The minimum atomic E-state index is -0.180. The van der Waals surface area contributed by atoms with Crippen molar-refractivity contribution in [3.05, 3.63) is 22.4 Å². The number of thiophene rings is 1. The van der Waals surface area contributed by atoms with Gasteiger partial charge in [0, 0.05) is 43.1 Å². The summed E-state index contributed by atoms with van der Waals surface area (Å²) in [4.78, 5) is 20.2. The van der Waals surface area contributed by atoms with Crippen LogP contribution in [-0.4, -0.2) is 65.4 Å². The topological polar surface area (TPSA) is 50.6 Å². The molecule has 1 amide bonds. The van der Waals surface area contributed by atoms with Gasteiger partial charge in [-0.3, -0.25) is 14.6 Å². The smallest absolute Gasteiger partial charge is 0.236 e. The maximum Gasteiger partial charge on any atom is 0.236 e. The molecule has 3 rings (SSSR count). The van der Waals surface area contributed by atoms with Gasteiger partial charge in [-0.2, -0.15) is 5.26 Å². The summed E-state index contributed by atoms with van der Waals surface area (Å²) in [7, 11) is 0. The van der Waals surface area contributed by atoms with Gasteiger partial charge < -0.3 is 4.90 Å². The van der Waals surface area contributed by atoms with E-state index in [1.54, 1.807) is 11.3 Å². The number of carbonyl (C=O) groups is 1. The number of nitriles is 1. The van der Waals surface area contributed by atoms with Gasteiger partial charge in [-0.25, -0.2) is 0 Å². The molecule has 24 heavy (non-hydrogen) atoms. The van der Waals surface area contributed by atoms with Gasteiger partial charge in [0.25, 0.3) is 0 Å². The van der Waals surface area contributed by atoms with Crippen LogP contribution in [0.2, 0.25) is 0 Å². The van der Waals surface area contributed by atoms with Crippen LogP contribution in [0.4, 0.5) is 0 Å². The summed E-state index contributed by atoms with van der Waals surface area (Å²) in [5.74, 6) is 0.236. The quantitative estimate of drug-likeness (QED) is 0.840. The molecule has 2 aliphatic rings. The summed E-state index contributed by atoms with van der Waals surface area (Å²) in [6.45, 7) is 7.95. The van der Waals surface area contributed by atoms with Crippen LogP contribution in [0.15, 0.2) is 17.5 Å². The van der Waals surface area contributed by atoms with Crippen molar-refractivity contribution in [2.75, 3.05) is 32.7 Å². The molecule has 5 nitrogen and oxygen atoms in total. The van der Waals surface area contributed by atoms with Crippen molar-refractivity contribution >= 4 is 17.2 Å². The van der Waals surface area contributed by atoms with E-state index in [-0.39, 0.29) is 11.9 Å². The lowest BCUT2D eigenvalue weighted by atomic mass is 10.2. The second-order valence-corrected chi connectivity index (χ2v) is 7.89. The maximum atomic E-state index is 12.6. The van der Waals surface area contributed by atoms with Gasteiger partial charge in [-0.15, -0.1) is 11.3 Å². The fourth-order valence-corrected chi connectivity index (χ4v) is 4.62. The number of rotatable bonds is 4. The number of likely N-dealkylation sites (tertiary alicyclic amines) is 1. The van der Waals surface area contributed by atoms with Crippen LogP contribution < -0.4 is 0 Å². The van der Waals surface area contributed by atoms with Crippen LogP contribution in [0.5, 0.6) is 0 Å². The van der Waals surface area contributed by atoms with Gasteiger partial charge in [-0.05, 0) is 38.1 Å². The third-order valence-corrected chi connectivity index (χ3v) is 6.34. The average molecular weight is 347 g/mol. The van der Waals surface area contributed by atoms with Crippen molar-refractivity contribution in [1.82, 2.24) is 14.7 Å². The molecule has 3 heterocycles. The van der Waals surface area contributed by atoms with Crippen molar-refractivity contribution < 1.29 is 4.79 Å². The second-order valence-electron chi connectivity index (χ2n) is 6.91. The Morgan fingerprint density at radius 1 is 1.29 bits per heavy atom. The average Bonchev–Trinajstić information content (AvgIpc) is 3.22. The number of piperazine rings is 1. The highest BCUT2D eigenvalue weighted by Gasteiger charge is 2.32. The molecule has 0 radical (unpaired) electrons. The highest BCUT2D eigenvalue weighted by molar-refractivity contribution is 7.10. The molecule has 0 unspecified atom stereocenters. The van der Waals surface area contributed by atoms with E-state index in [0.29, 0.717) is 18.6 Å². The summed E-state index contributed by atoms with van der Waals surface area (Å²) < 4.78 is 0. The maximum absolute atomic E-state index is 12.6. The third-order valence-electron chi connectivity index (χ3n) is 5.42. The second kappa shape index (κ2) is 7.64. The SMILES string of the molecule is C[C@@H]1CC[C@@H](C)N1CC(=O)N1CCN([C@@H](C#N)c2cccs2)CC1. The predicted molar refractivity (Wildman–Crippen MR) is 95.7 cm³/mol. The molecule has 0 aliphatic carbocycles. The summed E-state index contributed by atoms with van der Waals surface area (Å²) in [5.41, 5.74) is 0. The number of amides is 1. The molecule has 0 spiro atoms. The first-order chi connectivity index (χ1) is 11.6. The van der Waals surface area contributed by atoms with Crippen molar-refractivity contribution in [3.8, 4) is 6.07 Å². The fourth-order valence-electron chi connectivity index (χ4n) is 3.82. The molecule has 2 fully saturated rings. The summed E-state index contributed by atoms with van der Waals surface area (Å²) in [6.07, 6.45) is 2.37. The van der Waals surface area contributed by atoms with Crippen LogP contribution in [0.25, 0.3) is 0 Å². The van der Waals surface area contributed by atoms with Gasteiger partial charge in [0.1, 0.15) is 6.04 Å². The molecule has 1 aromatic heterocycles. The molecule has 0 N–H and O–H groups in total. The lowest BCUT2D eigenvalue weighted by Gasteiger charge is -2.38. The molecule has 2 saturated heterocycles. The van der Waals surface area contributed by atoms with Crippen LogP contribution in [0, 0.1) is 11.3 Å². The number of nitrogens with zero attached hydrogens (tertiary/aromatic N) is 4. The first-order valence-electron chi connectivity index (χ1n) is 8.80. The summed E-state index contributed by atoms with van der Waals surface area (Å²) in [6, 6.07) is 7.26. The Bertz CT molecular complexity index is 579. The third kappa shape index (κ3) is 3.64. The summed E-state index contributed by atoms with van der Waals surface area (Å²) >= 11 is 1.63. The molecule has 2 aliphatic heterocycles. The van der Waals surface area contributed by atoms with E-state index in [1.807, 2.05) is 22.4 Å². The Hall–Kier alpha value is -1.42. The van der Waals surface area contributed by atoms with Crippen LogP contribution in [0.3, 0.4) is 0 Å². The van der Waals surface area contributed by atoms with Crippen molar-refractivity contribution in [2.45, 2.75) is 44.8 Å². The Kier molecular flexibility index (Phi) is 5.54. The summed E-state index contributed by atoms with van der Waals surface area (Å²) in [5, 5.41) is 11.5. The molecular weight excluding hydrogens is 320 g/mol. The first-order valence-corrected chi connectivity index (χ1v) is 9.68. The van der Waals surface area contributed by atoms with Crippen LogP contribution >= 0.6 is 11.3 Å². The highest BCUT2D eigenvalue weighted by Crippen LogP contribution is 2.26. The van der Waals surface area contributed by atoms with Crippen molar-refractivity contribution in [1.29, 1.82) is 5.26 Å². The van der Waals surface area contributed by atoms with E-state index in [1.165, 1.54) is 12.8 Å². The molecule has 0 saturated carbocycles. The molecular formula is C18H26N4OS. The van der Waals surface area contributed by atoms with E-state index in [9.17, 15) is 10.1 Å². The van der Waals surface area contributed by atoms with Gasteiger partial charge in [-0.1, -0.05) is 6.07 Å². The van der Waals surface area contributed by atoms with E-state index in [0.717, 1.165) is 31.1 Å². The molecule has 130 valence electrons. The zero-order chi connectivity index (χ0) is 17.1. The van der Waals surface area contributed by atoms with Gasteiger partial charge in [0.05, 0.1) is 12.6 Å². The number of carbonyl (C=O) groups excluding carboxylic acids is 1. The van der Waals surface area contributed by atoms with Crippen LogP contribution in [-0.2, 0) is 4.79 Å². The number of hydrogen-bond donors (Lipinski definition) is 0. The van der Waals surface area contributed by atoms with E-state index in [2.05, 4.69) is 29.7 Å². The lowest BCUT2D eigenvalue weighted by molar-refractivity contribution is -0.135. The van der Waals surface area contributed by atoms with Crippen molar-refractivity contribution in [2.24, 2.45) is 0 Å². The molecule has 0 aromatic carbocycles.